The zero-order chi connectivity index (χ0) is 13.1. The number of hydrogen-bond acceptors (Lipinski definition) is 3. The smallest absolute Gasteiger partial charge is 0.146 e. The van der Waals surface area contributed by atoms with Crippen molar-refractivity contribution < 1.29 is 4.39 Å². The largest absolute Gasteiger partial charge is 0.317 e. The topological polar surface area (TPSA) is 42.7 Å². The van der Waals surface area contributed by atoms with Gasteiger partial charge in [-0.2, -0.15) is 0 Å². The van der Waals surface area contributed by atoms with Crippen LogP contribution in [0.4, 0.5) is 4.39 Å². The van der Waals surface area contributed by atoms with Crippen molar-refractivity contribution >= 4 is 0 Å². The van der Waals surface area contributed by atoms with Crippen LogP contribution < -0.4 is 5.32 Å². The van der Waals surface area contributed by atoms with Crippen LogP contribution in [-0.2, 0) is 13.6 Å². The molecular formula is C13H17FN4. The van der Waals surface area contributed by atoms with E-state index in [1.807, 2.05) is 25.5 Å². The number of benzene rings is 1. The van der Waals surface area contributed by atoms with Gasteiger partial charge in [0, 0.05) is 13.1 Å². The SMILES string of the molecule is Cc1nnc(CN[C@H](C)c2ccc(F)cc2)n1C. The molecular weight excluding hydrogens is 231 g/mol. The van der Waals surface area contributed by atoms with E-state index in [0.717, 1.165) is 17.2 Å². The molecule has 18 heavy (non-hydrogen) atoms. The van der Waals surface area contributed by atoms with Crippen LogP contribution in [0.15, 0.2) is 24.3 Å². The van der Waals surface area contributed by atoms with Crippen molar-refractivity contribution in [3.05, 3.63) is 47.3 Å². The molecule has 0 unspecified atom stereocenters. The van der Waals surface area contributed by atoms with Gasteiger partial charge in [-0.15, -0.1) is 10.2 Å². The quantitative estimate of drug-likeness (QED) is 0.901. The summed E-state index contributed by atoms with van der Waals surface area (Å²) in [7, 11) is 1.94. The Kier molecular flexibility index (Phi) is 3.72. The van der Waals surface area contributed by atoms with Gasteiger partial charge in [0.05, 0.1) is 6.54 Å². The van der Waals surface area contributed by atoms with Crippen molar-refractivity contribution in [2.24, 2.45) is 7.05 Å². The summed E-state index contributed by atoms with van der Waals surface area (Å²) in [5.74, 6) is 1.57. The van der Waals surface area contributed by atoms with Crippen molar-refractivity contribution in [1.29, 1.82) is 0 Å². The Hall–Kier alpha value is -1.75. The lowest BCUT2D eigenvalue weighted by Crippen LogP contribution is -2.20. The molecule has 1 heterocycles. The molecule has 0 bridgehead atoms. The summed E-state index contributed by atoms with van der Waals surface area (Å²) in [5.41, 5.74) is 1.05. The first-order valence-corrected chi connectivity index (χ1v) is 5.91. The van der Waals surface area contributed by atoms with Crippen LogP contribution in [0.3, 0.4) is 0 Å². The van der Waals surface area contributed by atoms with Gasteiger partial charge in [0.1, 0.15) is 17.5 Å². The van der Waals surface area contributed by atoms with Gasteiger partial charge in [-0.25, -0.2) is 4.39 Å². The van der Waals surface area contributed by atoms with Crippen LogP contribution >= 0.6 is 0 Å². The van der Waals surface area contributed by atoms with Crippen LogP contribution in [0, 0.1) is 12.7 Å². The summed E-state index contributed by atoms with van der Waals surface area (Å²) in [5, 5.41) is 11.4. The van der Waals surface area contributed by atoms with E-state index in [4.69, 9.17) is 0 Å². The van der Waals surface area contributed by atoms with Crippen LogP contribution in [0.1, 0.15) is 30.2 Å². The third kappa shape index (κ3) is 2.73. The molecule has 1 atom stereocenters. The molecule has 4 nitrogen and oxygen atoms in total. The zero-order valence-electron chi connectivity index (χ0n) is 10.8. The normalized spacial score (nSPS) is 12.7. The minimum atomic E-state index is -0.213. The van der Waals surface area contributed by atoms with Gasteiger partial charge in [-0.05, 0) is 31.5 Å². The fraction of sp³-hybridized carbons (Fsp3) is 0.385. The Morgan fingerprint density at radius 1 is 1.28 bits per heavy atom. The fourth-order valence-electron chi connectivity index (χ4n) is 1.72. The minimum Gasteiger partial charge on any atom is -0.317 e. The zero-order valence-corrected chi connectivity index (χ0v) is 10.8. The highest BCUT2D eigenvalue weighted by molar-refractivity contribution is 5.19. The number of aryl methyl sites for hydroxylation is 1. The second-order valence-electron chi connectivity index (χ2n) is 4.38. The Labute approximate surface area is 106 Å². The molecule has 5 heteroatoms. The van der Waals surface area contributed by atoms with E-state index < -0.39 is 0 Å². The highest BCUT2D eigenvalue weighted by Crippen LogP contribution is 2.13. The van der Waals surface area contributed by atoms with E-state index in [2.05, 4.69) is 15.5 Å². The molecule has 0 amide bonds. The maximum atomic E-state index is 12.8. The van der Waals surface area contributed by atoms with Gasteiger partial charge < -0.3 is 9.88 Å². The first-order chi connectivity index (χ1) is 8.58. The van der Waals surface area contributed by atoms with Gasteiger partial charge in [0.25, 0.3) is 0 Å². The van der Waals surface area contributed by atoms with Gasteiger partial charge >= 0.3 is 0 Å². The summed E-state index contributed by atoms with van der Waals surface area (Å²) in [4.78, 5) is 0. The fourth-order valence-corrected chi connectivity index (χ4v) is 1.72. The Morgan fingerprint density at radius 2 is 1.94 bits per heavy atom. The van der Waals surface area contributed by atoms with E-state index in [9.17, 15) is 4.39 Å². The third-order valence-electron chi connectivity index (χ3n) is 3.12. The summed E-state index contributed by atoms with van der Waals surface area (Å²) in [6, 6.07) is 6.66. The first kappa shape index (κ1) is 12.7. The molecule has 1 N–H and O–H groups in total. The molecule has 0 fully saturated rings. The lowest BCUT2D eigenvalue weighted by Gasteiger charge is -2.13. The molecule has 2 rings (SSSR count). The van der Waals surface area contributed by atoms with Crippen LogP contribution in [0.2, 0.25) is 0 Å². The van der Waals surface area contributed by atoms with Crippen molar-refractivity contribution in [2.45, 2.75) is 26.4 Å². The molecule has 1 aromatic heterocycles. The maximum Gasteiger partial charge on any atom is 0.146 e. The molecule has 0 aliphatic carbocycles. The second-order valence-corrected chi connectivity index (χ2v) is 4.38. The van der Waals surface area contributed by atoms with Crippen LogP contribution in [-0.4, -0.2) is 14.8 Å². The summed E-state index contributed by atoms with van der Waals surface area (Å²) in [6.07, 6.45) is 0. The average molecular weight is 248 g/mol. The number of nitrogens with zero attached hydrogens (tertiary/aromatic N) is 3. The molecule has 0 saturated carbocycles. The van der Waals surface area contributed by atoms with Crippen molar-refractivity contribution in [3.8, 4) is 0 Å². The number of hydrogen-bond donors (Lipinski definition) is 1. The standard InChI is InChI=1S/C13H17FN4/c1-9(11-4-6-12(14)7-5-11)15-8-13-17-16-10(2)18(13)3/h4-7,9,15H,8H2,1-3H3/t9-/m1/s1. The Bertz CT molecular complexity index is 518. The van der Waals surface area contributed by atoms with E-state index in [1.165, 1.54) is 12.1 Å². The molecule has 0 aliphatic rings. The van der Waals surface area contributed by atoms with E-state index in [1.54, 1.807) is 12.1 Å². The molecule has 0 saturated heterocycles. The van der Waals surface area contributed by atoms with Crippen LogP contribution in [0.5, 0.6) is 0 Å². The van der Waals surface area contributed by atoms with Crippen molar-refractivity contribution in [1.82, 2.24) is 20.1 Å². The third-order valence-corrected chi connectivity index (χ3v) is 3.12. The molecule has 0 aliphatic heterocycles. The Morgan fingerprint density at radius 3 is 2.50 bits per heavy atom. The summed E-state index contributed by atoms with van der Waals surface area (Å²) >= 11 is 0. The second kappa shape index (κ2) is 5.27. The Balaban J connectivity index is 1.98. The van der Waals surface area contributed by atoms with E-state index >= 15 is 0 Å². The molecule has 1 aromatic carbocycles. The molecule has 2 aromatic rings. The highest BCUT2D eigenvalue weighted by Gasteiger charge is 2.08. The summed E-state index contributed by atoms with van der Waals surface area (Å²) < 4.78 is 14.8. The average Bonchev–Trinajstić information content (AvgIpc) is 2.68. The molecule has 0 radical (unpaired) electrons. The molecule has 96 valence electrons. The minimum absolute atomic E-state index is 0.141. The number of aromatic nitrogens is 3. The monoisotopic (exact) mass is 248 g/mol. The lowest BCUT2D eigenvalue weighted by molar-refractivity contribution is 0.545. The summed E-state index contributed by atoms with van der Waals surface area (Å²) in [6.45, 7) is 4.59. The van der Waals surface area contributed by atoms with Crippen molar-refractivity contribution in [3.63, 3.8) is 0 Å². The van der Waals surface area contributed by atoms with Gasteiger partial charge in [-0.3, -0.25) is 0 Å². The number of nitrogens with one attached hydrogen (secondary N) is 1. The van der Waals surface area contributed by atoms with Gasteiger partial charge in [0.15, 0.2) is 0 Å². The van der Waals surface area contributed by atoms with Gasteiger partial charge in [0.2, 0.25) is 0 Å². The maximum absolute atomic E-state index is 12.8. The predicted octanol–water partition coefficient (Wildman–Crippen LogP) is 2.11. The van der Waals surface area contributed by atoms with Crippen LogP contribution in [0.25, 0.3) is 0 Å². The first-order valence-electron chi connectivity index (χ1n) is 5.91. The van der Waals surface area contributed by atoms with Crippen molar-refractivity contribution in [2.75, 3.05) is 0 Å². The highest BCUT2D eigenvalue weighted by atomic mass is 19.1. The predicted molar refractivity (Wildman–Crippen MR) is 67.4 cm³/mol. The molecule has 0 spiro atoms. The van der Waals surface area contributed by atoms with E-state index in [0.29, 0.717) is 6.54 Å². The number of rotatable bonds is 4. The van der Waals surface area contributed by atoms with E-state index in [-0.39, 0.29) is 11.9 Å². The van der Waals surface area contributed by atoms with Gasteiger partial charge in [-0.1, -0.05) is 12.1 Å². The number of halogens is 1. The lowest BCUT2D eigenvalue weighted by atomic mass is 10.1.